The zero-order valence-electron chi connectivity index (χ0n) is 8.16. The molecule has 0 aliphatic carbocycles. The summed E-state index contributed by atoms with van der Waals surface area (Å²) >= 11 is 0. The second-order valence-electron chi connectivity index (χ2n) is 3.43. The molecule has 0 aliphatic heterocycles. The molecule has 1 aromatic rings. The number of hydrogen-bond donors (Lipinski definition) is 1. The number of rotatable bonds is 2. The largest absolute Gasteiger partial charge is 0.294 e. The van der Waals surface area contributed by atoms with E-state index in [2.05, 4.69) is 0 Å². The molecule has 0 spiro atoms. The first-order valence-corrected chi connectivity index (χ1v) is 5.64. The fourth-order valence-corrected chi connectivity index (χ4v) is 1.77. The maximum absolute atomic E-state index is 13.3. The summed E-state index contributed by atoms with van der Waals surface area (Å²) in [5.41, 5.74) is -0.192. The van der Waals surface area contributed by atoms with E-state index in [0.29, 0.717) is 12.1 Å². The lowest BCUT2D eigenvalue weighted by atomic mass is 10.0. The fourth-order valence-electron chi connectivity index (χ4n) is 1.26. The quantitative estimate of drug-likeness (QED) is 0.802. The van der Waals surface area contributed by atoms with Crippen molar-refractivity contribution in [1.29, 1.82) is 0 Å². The van der Waals surface area contributed by atoms with Crippen LogP contribution in [0.25, 0.3) is 0 Å². The minimum absolute atomic E-state index is 0.192. The summed E-state index contributed by atoms with van der Waals surface area (Å²) in [5.74, 6) is -2.35. The van der Waals surface area contributed by atoms with Gasteiger partial charge in [-0.1, -0.05) is 13.8 Å². The van der Waals surface area contributed by atoms with Gasteiger partial charge in [-0.2, -0.15) is 8.42 Å². The van der Waals surface area contributed by atoms with Crippen LogP contribution in [0.15, 0.2) is 17.0 Å². The Labute approximate surface area is 86.5 Å². The van der Waals surface area contributed by atoms with E-state index in [9.17, 15) is 17.2 Å². The van der Waals surface area contributed by atoms with Crippen LogP contribution in [0, 0.1) is 11.6 Å². The monoisotopic (exact) mass is 236 g/mol. The summed E-state index contributed by atoms with van der Waals surface area (Å²) < 4.78 is 56.4. The van der Waals surface area contributed by atoms with Crippen molar-refractivity contribution in [3.8, 4) is 0 Å². The molecular formula is C9H10F2O3S. The molecule has 0 bridgehead atoms. The smallest absolute Gasteiger partial charge is 0.282 e. The summed E-state index contributed by atoms with van der Waals surface area (Å²) in [7, 11) is -4.57. The van der Waals surface area contributed by atoms with Gasteiger partial charge in [0.25, 0.3) is 10.1 Å². The van der Waals surface area contributed by atoms with Crippen molar-refractivity contribution in [2.24, 2.45) is 0 Å². The zero-order chi connectivity index (χ0) is 11.8. The van der Waals surface area contributed by atoms with E-state index in [1.165, 1.54) is 0 Å². The summed E-state index contributed by atoms with van der Waals surface area (Å²) in [6.45, 7) is 3.16. The van der Waals surface area contributed by atoms with Gasteiger partial charge in [0, 0.05) is 5.56 Å². The normalized spacial score (nSPS) is 12.1. The minimum Gasteiger partial charge on any atom is -0.282 e. The Morgan fingerprint density at radius 1 is 1.20 bits per heavy atom. The maximum atomic E-state index is 13.3. The van der Waals surface area contributed by atoms with Crippen molar-refractivity contribution >= 4 is 10.1 Å². The second-order valence-corrected chi connectivity index (χ2v) is 4.85. The van der Waals surface area contributed by atoms with E-state index >= 15 is 0 Å². The van der Waals surface area contributed by atoms with Crippen LogP contribution in [0.5, 0.6) is 0 Å². The molecule has 0 aliphatic rings. The van der Waals surface area contributed by atoms with Gasteiger partial charge in [-0.25, -0.2) is 8.78 Å². The Kier molecular flexibility index (Phi) is 3.11. The molecule has 0 radical (unpaired) electrons. The highest BCUT2D eigenvalue weighted by Gasteiger charge is 2.19. The number of hydrogen-bond acceptors (Lipinski definition) is 2. The SMILES string of the molecule is CC(C)c1c(F)cc(S(=O)(=O)O)cc1F. The van der Waals surface area contributed by atoms with Crippen LogP contribution in [0.4, 0.5) is 8.78 Å². The van der Waals surface area contributed by atoms with Gasteiger partial charge >= 0.3 is 0 Å². The molecule has 1 N–H and O–H groups in total. The van der Waals surface area contributed by atoms with Crippen LogP contribution in [-0.2, 0) is 10.1 Å². The summed E-state index contributed by atoms with van der Waals surface area (Å²) in [6, 6.07) is 1.21. The fraction of sp³-hybridized carbons (Fsp3) is 0.333. The summed E-state index contributed by atoms with van der Waals surface area (Å²) in [6.07, 6.45) is 0. The van der Waals surface area contributed by atoms with Crippen molar-refractivity contribution < 1.29 is 21.8 Å². The molecule has 0 amide bonds. The Morgan fingerprint density at radius 2 is 1.60 bits per heavy atom. The van der Waals surface area contributed by atoms with Crippen LogP contribution in [0.3, 0.4) is 0 Å². The van der Waals surface area contributed by atoms with Crippen molar-refractivity contribution in [1.82, 2.24) is 0 Å². The lowest BCUT2D eigenvalue weighted by Crippen LogP contribution is -2.04. The first-order chi connectivity index (χ1) is 6.73. The van der Waals surface area contributed by atoms with Crippen LogP contribution in [0.2, 0.25) is 0 Å². The van der Waals surface area contributed by atoms with Crippen molar-refractivity contribution in [2.75, 3.05) is 0 Å². The Bertz CT molecular complexity index is 457. The van der Waals surface area contributed by atoms with E-state index < -0.39 is 32.6 Å². The minimum atomic E-state index is -4.57. The Morgan fingerprint density at radius 3 is 1.87 bits per heavy atom. The molecule has 0 aromatic heterocycles. The molecule has 1 aromatic carbocycles. The third-order valence-corrected chi connectivity index (χ3v) is 2.76. The molecule has 0 saturated carbocycles. The number of benzene rings is 1. The van der Waals surface area contributed by atoms with Crippen molar-refractivity contribution in [3.05, 3.63) is 29.3 Å². The molecule has 0 heterocycles. The van der Waals surface area contributed by atoms with Gasteiger partial charge in [-0.15, -0.1) is 0 Å². The van der Waals surface area contributed by atoms with Gasteiger partial charge in [0.2, 0.25) is 0 Å². The van der Waals surface area contributed by atoms with E-state index in [1.807, 2.05) is 0 Å². The maximum Gasteiger partial charge on any atom is 0.294 e. The zero-order valence-corrected chi connectivity index (χ0v) is 8.98. The van der Waals surface area contributed by atoms with Gasteiger partial charge in [0.1, 0.15) is 11.6 Å². The standard InChI is InChI=1S/C9H10F2O3S/c1-5(2)9-7(10)3-6(4-8(9)11)15(12,13)14/h3-5H,1-2H3,(H,12,13,14). The highest BCUT2D eigenvalue weighted by molar-refractivity contribution is 7.85. The molecular weight excluding hydrogens is 226 g/mol. The third kappa shape index (κ3) is 2.51. The van der Waals surface area contributed by atoms with E-state index in [4.69, 9.17) is 4.55 Å². The first-order valence-electron chi connectivity index (χ1n) is 4.20. The van der Waals surface area contributed by atoms with E-state index in [-0.39, 0.29) is 5.56 Å². The molecule has 1 rings (SSSR count). The van der Waals surface area contributed by atoms with Crippen LogP contribution < -0.4 is 0 Å². The Balaban J connectivity index is 3.45. The van der Waals surface area contributed by atoms with Crippen molar-refractivity contribution in [2.45, 2.75) is 24.7 Å². The third-order valence-electron chi connectivity index (χ3n) is 1.93. The molecule has 84 valence electrons. The van der Waals surface area contributed by atoms with Gasteiger partial charge in [0.05, 0.1) is 4.90 Å². The van der Waals surface area contributed by atoms with Gasteiger partial charge in [-0.05, 0) is 18.1 Å². The predicted molar refractivity (Wildman–Crippen MR) is 50.3 cm³/mol. The van der Waals surface area contributed by atoms with Gasteiger partial charge in [-0.3, -0.25) is 4.55 Å². The summed E-state index contributed by atoms with van der Waals surface area (Å²) in [4.78, 5) is -0.776. The molecule has 0 atom stereocenters. The molecule has 15 heavy (non-hydrogen) atoms. The van der Waals surface area contributed by atoms with Crippen LogP contribution in [-0.4, -0.2) is 13.0 Å². The van der Waals surface area contributed by atoms with Gasteiger partial charge < -0.3 is 0 Å². The van der Waals surface area contributed by atoms with Crippen LogP contribution >= 0.6 is 0 Å². The van der Waals surface area contributed by atoms with E-state index in [1.54, 1.807) is 13.8 Å². The average Bonchev–Trinajstić information content (AvgIpc) is 1.99. The predicted octanol–water partition coefficient (Wildman–Crippen LogP) is 2.33. The molecule has 0 saturated heterocycles. The van der Waals surface area contributed by atoms with E-state index in [0.717, 1.165) is 0 Å². The molecule has 6 heteroatoms. The summed E-state index contributed by atoms with van der Waals surface area (Å²) in [5, 5.41) is 0. The lowest BCUT2D eigenvalue weighted by molar-refractivity contribution is 0.477. The first kappa shape index (κ1) is 12.1. The van der Waals surface area contributed by atoms with Crippen LogP contribution in [0.1, 0.15) is 25.3 Å². The number of halogens is 2. The van der Waals surface area contributed by atoms with Crippen molar-refractivity contribution in [3.63, 3.8) is 0 Å². The molecule has 0 unspecified atom stereocenters. The molecule has 3 nitrogen and oxygen atoms in total. The molecule has 0 fully saturated rings. The topological polar surface area (TPSA) is 54.4 Å². The lowest BCUT2D eigenvalue weighted by Gasteiger charge is -2.09. The van der Waals surface area contributed by atoms with Gasteiger partial charge in [0.15, 0.2) is 0 Å². The highest BCUT2D eigenvalue weighted by Crippen LogP contribution is 2.24. The highest BCUT2D eigenvalue weighted by atomic mass is 32.2. The average molecular weight is 236 g/mol. The second kappa shape index (κ2) is 3.86. The Hall–Kier alpha value is -1.01.